The van der Waals surface area contributed by atoms with E-state index < -0.39 is 5.60 Å². The van der Waals surface area contributed by atoms with E-state index in [0.717, 1.165) is 23.4 Å². The fourth-order valence-electron chi connectivity index (χ4n) is 2.55. The van der Waals surface area contributed by atoms with Crippen LogP contribution in [0.5, 0.6) is 0 Å². The molecule has 0 unspecified atom stereocenters. The summed E-state index contributed by atoms with van der Waals surface area (Å²) in [6.07, 6.45) is 1.09. The average molecular weight is 316 g/mol. The van der Waals surface area contributed by atoms with Crippen molar-refractivity contribution in [2.24, 2.45) is 0 Å². The van der Waals surface area contributed by atoms with Crippen LogP contribution in [-0.2, 0) is 29.1 Å². The van der Waals surface area contributed by atoms with Crippen molar-refractivity contribution in [1.29, 1.82) is 0 Å². The largest absolute Gasteiger partial charge is 0.389 e. The molecule has 5 nitrogen and oxygen atoms in total. The van der Waals surface area contributed by atoms with E-state index in [1.807, 2.05) is 41.8 Å². The number of hydrogen-bond donors (Lipinski definition) is 1. The third-order valence-corrected chi connectivity index (χ3v) is 3.42. The molecule has 0 aliphatic rings. The highest BCUT2D eigenvalue weighted by atomic mass is 16.5. The summed E-state index contributed by atoms with van der Waals surface area (Å²) in [4.78, 5) is 15.6. The van der Waals surface area contributed by atoms with Gasteiger partial charge in [-0.15, -0.1) is 0 Å². The molecule has 0 fully saturated rings. The van der Waals surface area contributed by atoms with Crippen molar-refractivity contribution in [1.82, 2.24) is 9.55 Å². The molecule has 0 saturated heterocycles. The zero-order valence-electron chi connectivity index (χ0n) is 14.0. The van der Waals surface area contributed by atoms with Crippen molar-refractivity contribution in [3.63, 3.8) is 0 Å². The summed E-state index contributed by atoms with van der Waals surface area (Å²) in [5, 5.41) is 10.3. The molecule has 0 saturated carbocycles. The van der Waals surface area contributed by atoms with Crippen LogP contribution in [-0.4, -0.2) is 33.2 Å². The first-order valence-electron chi connectivity index (χ1n) is 7.83. The smallest absolute Gasteiger partial charge is 0.135 e. The molecule has 0 amide bonds. The first-order valence-corrected chi connectivity index (χ1v) is 7.83. The number of nitrogens with zero attached hydrogens (tertiary/aromatic N) is 2. The van der Waals surface area contributed by atoms with Crippen LogP contribution in [0.2, 0.25) is 0 Å². The summed E-state index contributed by atoms with van der Waals surface area (Å²) in [6, 6.07) is 9.81. The van der Waals surface area contributed by atoms with Crippen molar-refractivity contribution in [2.75, 3.05) is 6.61 Å². The topological polar surface area (TPSA) is 64.3 Å². The number of imidazole rings is 1. The Morgan fingerprint density at radius 3 is 2.57 bits per heavy atom. The molecule has 0 bridgehead atoms. The van der Waals surface area contributed by atoms with Crippen LogP contribution in [0, 0.1) is 0 Å². The molecule has 124 valence electrons. The van der Waals surface area contributed by atoms with Gasteiger partial charge in [0.1, 0.15) is 18.7 Å². The number of rotatable bonds is 8. The van der Waals surface area contributed by atoms with Gasteiger partial charge in [0.2, 0.25) is 0 Å². The first kappa shape index (κ1) is 17.4. The minimum atomic E-state index is -0.899. The van der Waals surface area contributed by atoms with Gasteiger partial charge in [0, 0.05) is 18.6 Å². The van der Waals surface area contributed by atoms with Crippen LogP contribution in [0.15, 0.2) is 30.3 Å². The second kappa shape index (κ2) is 7.53. The van der Waals surface area contributed by atoms with E-state index in [0.29, 0.717) is 25.5 Å². The lowest BCUT2D eigenvalue weighted by Crippen LogP contribution is -2.27. The number of benzene rings is 1. The Kier molecular flexibility index (Phi) is 5.69. The van der Waals surface area contributed by atoms with Gasteiger partial charge in [0.15, 0.2) is 0 Å². The minimum absolute atomic E-state index is 0.238. The molecule has 0 aliphatic carbocycles. The van der Waals surface area contributed by atoms with Gasteiger partial charge < -0.3 is 19.2 Å². The molecule has 2 rings (SSSR count). The summed E-state index contributed by atoms with van der Waals surface area (Å²) < 4.78 is 7.47. The van der Waals surface area contributed by atoms with Crippen molar-refractivity contribution >= 4 is 6.29 Å². The van der Waals surface area contributed by atoms with Crippen LogP contribution < -0.4 is 0 Å². The fourth-order valence-corrected chi connectivity index (χ4v) is 2.55. The number of hydrogen-bond acceptors (Lipinski definition) is 4. The summed E-state index contributed by atoms with van der Waals surface area (Å²) >= 11 is 0. The molecule has 0 atom stereocenters. The highest BCUT2D eigenvalue weighted by molar-refractivity contribution is 5.67. The maximum absolute atomic E-state index is 11.0. The van der Waals surface area contributed by atoms with Gasteiger partial charge in [-0.05, 0) is 20.8 Å². The molecule has 1 heterocycles. The van der Waals surface area contributed by atoms with Crippen molar-refractivity contribution < 1.29 is 14.6 Å². The molecule has 0 radical (unpaired) electrons. The first-order chi connectivity index (χ1) is 11.0. The van der Waals surface area contributed by atoms with Crippen molar-refractivity contribution in [2.45, 2.75) is 45.9 Å². The second-order valence-electron chi connectivity index (χ2n) is 6.10. The maximum Gasteiger partial charge on any atom is 0.135 e. The standard InChI is InChI=1S/C18H24N2O3/c1-4-23-12-16-19-15(10-11-21)17(14-8-6-5-7-9-14)20(16)13-18(2,3)22/h5-9,11,22H,4,10,12-13H2,1-3H3. The molecule has 23 heavy (non-hydrogen) atoms. The van der Waals surface area contributed by atoms with Gasteiger partial charge in [-0.1, -0.05) is 30.3 Å². The lowest BCUT2D eigenvalue weighted by Gasteiger charge is -2.22. The van der Waals surface area contributed by atoms with Crippen molar-refractivity contribution in [3.8, 4) is 11.3 Å². The third-order valence-electron chi connectivity index (χ3n) is 3.42. The van der Waals surface area contributed by atoms with E-state index >= 15 is 0 Å². The predicted molar refractivity (Wildman–Crippen MR) is 89.1 cm³/mol. The number of aliphatic hydroxyl groups is 1. The summed E-state index contributed by atoms with van der Waals surface area (Å²) in [5.74, 6) is 0.727. The van der Waals surface area contributed by atoms with Gasteiger partial charge in [-0.25, -0.2) is 4.98 Å². The molecular formula is C18H24N2O3. The van der Waals surface area contributed by atoms with Crippen LogP contribution in [0.1, 0.15) is 32.3 Å². The SMILES string of the molecule is CCOCc1nc(CC=O)c(-c2ccccc2)n1CC(C)(C)O. The summed E-state index contributed by atoms with van der Waals surface area (Å²) in [6.45, 7) is 6.75. The summed E-state index contributed by atoms with van der Waals surface area (Å²) in [7, 11) is 0. The number of carbonyl (C=O) groups excluding carboxylic acids is 1. The summed E-state index contributed by atoms with van der Waals surface area (Å²) in [5.41, 5.74) is 1.66. The second-order valence-corrected chi connectivity index (χ2v) is 6.10. The number of ether oxygens (including phenoxy) is 1. The van der Waals surface area contributed by atoms with E-state index in [-0.39, 0.29) is 6.42 Å². The van der Waals surface area contributed by atoms with Crippen molar-refractivity contribution in [3.05, 3.63) is 41.9 Å². The van der Waals surface area contributed by atoms with Gasteiger partial charge in [-0.3, -0.25) is 0 Å². The van der Waals surface area contributed by atoms with Gasteiger partial charge in [0.25, 0.3) is 0 Å². The molecular weight excluding hydrogens is 292 g/mol. The Morgan fingerprint density at radius 1 is 1.30 bits per heavy atom. The highest BCUT2D eigenvalue weighted by Gasteiger charge is 2.23. The van der Waals surface area contributed by atoms with Crippen LogP contribution in [0.4, 0.5) is 0 Å². The van der Waals surface area contributed by atoms with E-state index in [4.69, 9.17) is 4.74 Å². The predicted octanol–water partition coefficient (Wildman–Crippen LogP) is 2.60. The molecule has 1 N–H and O–H groups in total. The Morgan fingerprint density at radius 2 is 2.00 bits per heavy atom. The van der Waals surface area contributed by atoms with Crippen LogP contribution >= 0.6 is 0 Å². The number of carbonyl (C=O) groups is 1. The lowest BCUT2D eigenvalue weighted by atomic mass is 10.1. The average Bonchev–Trinajstić information content (AvgIpc) is 2.82. The van der Waals surface area contributed by atoms with Crippen LogP contribution in [0.3, 0.4) is 0 Å². The van der Waals surface area contributed by atoms with E-state index in [2.05, 4.69) is 4.98 Å². The zero-order chi connectivity index (χ0) is 16.9. The Bertz CT molecular complexity index is 642. The molecule has 5 heteroatoms. The molecule has 1 aromatic heterocycles. The highest BCUT2D eigenvalue weighted by Crippen LogP contribution is 2.27. The third kappa shape index (κ3) is 4.50. The monoisotopic (exact) mass is 316 g/mol. The van der Waals surface area contributed by atoms with Crippen LogP contribution in [0.25, 0.3) is 11.3 Å². The minimum Gasteiger partial charge on any atom is -0.389 e. The van der Waals surface area contributed by atoms with Gasteiger partial charge in [0.05, 0.1) is 23.5 Å². The van der Waals surface area contributed by atoms with E-state index in [1.54, 1.807) is 13.8 Å². The number of aldehydes is 1. The Hall–Kier alpha value is -1.98. The van der Waals surface area contributed by atoms with Gasteiger partial charge >= 0.3 is 0 Å². The Labute approximate surface area is 136 Å². The quantitative estimate of drug-likeness (QED) is 0.760. The maximum atomic E-state index is 11.0. The van der Waals surface area contributed by atoms with E-state index in [9.17, 15) is 9.90 Å². The van der Waals surface area contributed by atoms with E-state index in [1.165, 1.54) is 0 Å². The molecule has 1 aromatic carbocycles. The molecule has 2 aromatic rings. The normalized spacial score (nSPS) is 11.7. The molecule has 0 aliphatic heterocycles. The zero-order valence-corrected chi connectivity index (χ0v) is 14.0. The van der Waals surface area contributed by atoms with Gasteiger partial charge in [-0.2, -0.15) is 0 Å². The molecule has 0 spiro atoms. The lowest BCUT2D eigenvalue weighted by molar-refractivity contribution is -0.107. The fraction of sp³-hybridized carbons (Fsp3) is 0.444. The number of aromatic nitrogens is 2. The Balaban J connectivity index is 2.58.